The Labute approximate surface area is 123 Å². The highest BCUT2D eigenvalue weighted by Gasteiger charge is 2.19. The van der Waals surface area contributed by atoms with Gasteiger partial charge in [0.15, 0.2) is 0 Å². The molecule has 2 aromatic rings. The first-order valence-electron chi connectivity index (χ1n) is 6.78. The highest BCUT2D eigenvalue weighted by Crippen LogP contribution is 2.37. The van der Waals surface area contributed by atoms with Gasteiger partial charge in [0.25, 0.3) is 0 Å². The van der Waals surface area contributed by atoms with Crippen LogP contribution < -0.4 is 0 Å². The van der Waals surface area contributed by atoms with Crippen molar-refractivity contribution < 1.29 is 10.4 Å². The van der Waals surface area contributed by atoms with Gasteiger partial charge in [-0.3, -0.25) is 0 Å². The third-order valence-corrected chi connectivity index (χ3v) is 4.02. The van der Waals surface area contributed by atoms with Crippen LogP contribution in [0.1, 0.15) is 36.1 Å². The summed E-state index contributed by atoms with van der Waals surface area (Å²) in [7, 11) is 0. The summed E-state index contributed by atoms with van der Waals surface area (Å²) in [5, 5.41) is 24.3. The Bertz CT molecular complexity index is 711. The van der Waals surface area contributed by atoms with Crippen molar-refractivity contribution in [1.82, 2.24) is 0 Å². The molecule has 21 heavy (non-hydrogen) atoms. The smallest absolute Gasteiger partial charge is 0.0837 e. The van der Waals surface area contributed by atoms with Gasteiger partial charge in [-0.05, 0) is 65.8 Å². The number of fused-ring (bicyclic) bond motifs is 3. The van der Waals surface area contributed by atoms with E-state index in [1.807, 2.05) is 12.1 Å². The van der Waals surface area contributed by atoms with Crippen molar-refractivity contribution in [3.05, 3.63) is 58.7 Å². The standard InChI is InChI=1S/C17H16N2O2/c1-10(18-20)12-3-5-16-14(7-12)9-15-8-13(11(2)19-21)4-6-17(15)16/h3-8,20-21H,9H2,1-2H3/b18-10-,19-11-. The van der Waals surface area contributed by atoms with Gasteiger partial charge in [0.2, 0.25) is 0 Å². The third kappa shape index (κ3) is 2.18. The van der Waals surface area contributed by atoms with Gasteiger partial charge in [-0.2, -0.15) is 0 Å². The lowest BCUT2D eigenvalue weighted by Crippen LogP contribution is -1.95. The Hall–Kier alpha value is -2.62. The molecule has 0 aromatic heterocycles. The molecule has 0 bridgehead atoms. The molecule has 3 rings (SSSR count). The maximum Gasteiger partial charge on any atom is 0.0837 e. The minimum Gasteiger partial charge on any atom is -0.411 e. The molecule has 0 aliphatic heterocycles. The number of benzene rings is 2. The molecule has 1 aliphatic rings. The number of oxime groups is 2. The van der Waals surface area contributed by atoms with Gasteiger partial charge in [0.05, 0.1) is 11.4 Å². The second kappa shape index (κ2) is 5.05. The molecule has 0 atom stereocenters. The summed E-state index contributed by atoms with van der Waals surface area (Å²) < 4.78 is 0. The summed E-state index contributed by atoms with van der Waals surface area (Å²) in [6.07, 6.45) is 0.837. The molecule has 1 aliphatic carbocycles. The van der Waals surface area contributed by atoms with E-state index in [1.54, 1.807) is 13.8 Å². The van der Waals surface area contributed by atoms with Crippen LogP contribution in [0.25, 0.3) is 11.1 Å². The fraction of sp³-hybridized carbons (Fsp3) is 0.176. The number of rotatable bonds is 2. The van der Waals surface area contributed by atoms with Gasteiger partial charge in [-0.1, -0.05) is 34.6 Å². The average molecular weight is 280 g/mol. The molecule has 0 spiro atoms. The first-order chi connectivity index (χ1) is 10.1. The molecule has 0 fully saturated rings. The van der Waals surface area contributed by atoms with E-state index >= 15 is 0 Å². The summed E-state index contributed by atoms with van der Waals surface area (Å²) in [4.78, 5) is 0. The quantitative estimate of drug-likeness (QED) is 0.427. The van der Waals surface area contributed by atoms with E-state index in [9.17, 15) is 0 Å². The van der Waals surface area contributed by atoms with Crippen LogP contribution in [0.3, 0.4) is 0 Å². The zero-order chi connectivity index (χ0) is 15.0. The van der Waals surface area contributed by atoms with E-state index in [0.717, 1.165) is 17.5 Å². The van der Waals surface area contributed by atoms with Crippen molar-refractivity contribution in [2.45, 2.75) is 20.3 Å². The van der Waals surface area contributed by atoms with E-state index in [1.165, 1.54) is 22.3 Å². The van der Waals surface area contributed by atoms with Gasteiger partial charge < -0.3 is 10.4 Å². The van der Waals surface area contributed by atoms with Crippen LogP contribution in [0.2, 0.25) is 0 Å². The van der Waals surface area contributed by atoms with E-state index in [2.05, 4.69) is 34.6 Å². The predicted molar refractivity (Wildman–Crippen MR) is 82.7 cm³/mol. The van der Waals surface area contributed by atoms with E-state index in [-0.39, 0.29) is 0 Å². The highest BCUT2D eigenvalue weighted by molar-refractivity contribution is 6.00. The highest BCUT2D eigenvalue weighted by atomic mass is 16.4. The maximum atomic E-state index is 8.89. The van der Waals surface area contributed by atoms with Gasteiger partial charge in [0.1, 0.15) is 0 Å². The van der Waals surface area contributed by atoms with Crippen molar-refractivity contribution in [2.75, 3.05) is 0 Å². The first-order valence-corrected chi connectivity index (χ1v) is 6.78. The summed E-state index contributed by atoms with van der Waals surface area (Å²) in [6, 6.07) is 12.2. The van der Waals surface area contributed by atoms with Gasteiger partial charge in [0, 0.05) is 0 Å². The van der Waals surface area contributed by atoms with Gasteiger partial charge in [-0.25, -0.2) is 0 Å². The monoisotopic (exact) mass is 280 g/mol. The molecular formula is C17H16N2O2. The number of hydrogen-bond acceptors (Lipinski definition) is 4. The number of nitrogens with zero attached hydrogens (tertiary/aromatic N) is 2. The molecule has 0 heterocycles. The van der Waals surface area contributed by atoms with Crippen molar-refractivity contribution >= 4 is 11.4 Å². The van der Waals surface area contributed by atoms with Crippen molar-refractivity contribution in [1.29, 1.82) is 0 Å². The van der Waals surface area contributed by atoms with E-state index < -0.39 is 0 Å². The number of hydrogen-bond donors (Lipinski definition) is 2. The largest absolute Gasteiger partial charge is 0.411 e. The Balaban J connectivity index is 2.05. The fourth-order valence-corrected chi connectivity index (χ4v) is 2.78. The Morgan fingerprint density at radius 2 is 1.24 bits per heavy atom. The molecule has 106 valence electrons. The molecule has 0 saturated heterocycles. The minimum absolute atomic E-state index is 0.609. The third-order valence-electron chi connectivity index (χ3n) is 4.02. The molecule has 4 heteroatoms. The van der Waals surface area contributed by atoms with Crippen LogP contribution in [0.15, 0.2) is 46.7 Å². The van der Waals surface area contributed by atoms with Crippen LogP contribution >= 0.6 is 0 Å². The summed E-state index contributed by atoms with van der Waals surface area (Å²) in [5.74, 6) is 0. The zero-order valence-corrected chi connectivity index (χ0v) is 12.0. The van der Waals surface area contributed by atoms with Crippen LogP contribution in [0, 0.1) is 0 Å². The topological polar surface area (TPSA) is 65.2 Å². The molecule has 2 N–H and O–H groups in total. The Morgan fingerprint density at radius 1 is 0.810 bits per heavy atom. The molecule has 0 saturated carbocycles. The normalized spacial score (nSPS) is 14.0. The van der Waals surface area contributed by atoms with E-state index in [0.29, 0.717) is 11.4 Å². The Morgan fingerprint density at radius 3 is 1.62 bits per heavy atom. The SMILES string of the molecule is C/C(=N/O)c1ccc2c(c1)Cc1cc(/C(C)=N\O)ccc1-2. The molecule has 4 nitrogen and oxygen atoms in total. The first kappa shape index (κ1) is 13.4. The van der Waals surface area contributed by atoms with Crippen LogP contribution in [-0.2, 0) is 6.42 Å². The summed E-state index contributed by atoms with van der Waals surface area (Å²) in [5.41, 5.74) is 7.95. The van der Waals surface area contributed by atoms with E-state index in [4.69, 9.17) is 10.4 Å². The lowest BCUT2D eigenvalue weighted by atomic mass is 10.0. The van der Waals surface area contributed by atoms with Crippen LogP contribution in [0.5, 0.6) is 0 Å². The average Bonchev–Trinajstić information content (AvgIpc) is 2.89. The molecular weight excluding hydrogens is 264 g/mol. The zero-order valence-electron chi connectivity index (χ0n) is 12.0. The molecule has 2 aromatic carbocycles. The van der Waals surface area contributed by atoms with Crippen LogP contribution in [-0.4, -0.2) is 21.8 Å². The Kier molecular flexibility index (Phi) is 3.22. The lowest BCUT2D eigenvalue weighted by molar-refractivity contribution is 0.319. The van der Waals surface area contributed by atoms with Crippen molar-refractivity contribution in [3.63, 3.8) is 0 Å². The predicted octanol–water partition coefficient (Wildman–Crippen LogP) is 3.65. The molecule has 0 amide bonds. The molecule has 0 unspecified atom stereocenters. The summed E-state index contributed by atoms with van der Waals surface area (Å²) in [6.45, 7) is 3.56. The minimum atomic E-state index is 0.609. The lowest BCUT2D eigenvalue weighted by Gasteiger charge is -2.05. The maximum absolute atomic E-state index is 8.89. The van der Waals surface area contributed by atoms with Crippen molar-refractivity contribution in [2.24, 2.45) is 10.3 Å². The second-order valence-corrected chi connectivity index (χ2v) is 5.29. The van der Waals surface area contributed by atoms with Crippen molar-refractivity contribution in [3.8, 4) is 11.1 Å². The molecule has 0 radical (unpaired) electrons. The van der Waals surface area contributed by atoms with Gasteiger partial charge in [-0.15, -0.1) is 0 Å². The summed E-state index contributed by atoms with van der Waals surface area (Å²) >= 11 is 0. The second-order valence-electron chi connectivity index (χ2n) is 5.29. The fourth-order valence-electron chi connectivity index (χ4n) is 2.78. The van der Waals surface area contributed by atoms with Crippen LogP contribution in [0.4, 0.5) is 0 Å². The van der Waals surface area contributed by atoms with Gasteiger partial charge >= 0.3 is 0 Å².